The van der Waals surface area contributed by atoms with Gasteiger partial charge in [-0.3, -0.25) is 4.79 Å². The van der Waals surface area contributed by atoms with Crippen molar-refractivity contribution in [2.45, 2.75) is 30.7 Å². The molecule has 27 heavy (non-hydrogen) atoms. The Hall–Kier alpha value is -1.89. The number of hydrogen-bond acceptors (Lipinski definition) is 4. The highest BCUT2D eigenvalue weighted by Gasteiger charge is 2.57. The van der Waals surface area contributed by atoms with Crippen LogP contribution in [-0.2, 0) is 9.53 Å². The summed E-state index contributed by atoms with van der Waals surface area (Å²) in [6.07, 6.45) is -0.443. The molecule has 5 nitrogen and oxygen atoms in total. The molecule has 0 radical (unpaired) electrons. The van der Waals surface area contributed by atoms with Crippen molar-refractivity contribution >= 4 is 34.8 Å². The van der Waals surface area contributed by atoms with Gasteiger partial charge in [-0.1, -0.05) is 23.2 Å². The second-order valence-electron chi connectivity index (χ2n) is 6.69. The molecule has 1 aromatic heterocycles. The van der Waals surface area contributed by atoms with E-state index in [1.807, 2.05) is 0 Å². The number of carbonyl (C=O) groups excluding carboxylic acids is 1. The molecular weight excluding hydrogens is 394 g/mol. The molecule has 2 bridgehead atoms. The van der Waals surface area contributed by atoms with Gasteiger partial charge in [-0.05, 0) is 29.8 Å². The van der Waals surface area contributed by atoms with Crippen LogP contribution in [0, 0.1) is 5.92 Å². The van der Waals surface area contributed by atoms with Crippen LogP contribution in [0.25, 0.3) is 0 Å². The molecule has 2 aliphatic heterocycles. The standard InChI is InChI=1S/C19H17Cl2FN2O3/c1-26-15-6-9(4-5-23-15)16-17(14-8-13(22)18(16)27-14)19(25)24-10-2-3-11(20)12(21)7-10/h2-7,13-14,16-18H,8H2,1H3,(H,24,25)/t13-,14+,16+,17+,18-/m0/s1. The number of fused-ring (bicyclic) bond motifs is 2. The Morgan fingerprint density at radius 2 is 2.11 bits per heavy atom. The smallest absolute Gasteiger partial charge is 0.230 e. The first-order valence-corrected chi connectivity index (χ1v) is 9.29. The summed E-state index contributed by atoms with van der Waals surface area (Å²) in [7, 11) is 1.51. The predicted octanol–water partition coefficient (Wildman–Crippen LogP) is 4.24. The Balaban J connectivity index is 1.62. The third-order valence-electron chi connectivity index (χ3n) is 5.13. The number of alkyl halides is 1. The van der Waals surface area contributed by atoms with Crippen molar-refractivity contribution in [2.75, 3.05) is 12.4 Å². The molecule has 2 aromatic rings. The number of rotatable bonds is 4. The summed E-state index contributed by atoms with van der Waals surface area (Å²) < 4.78 is 25.3. The summed E-state index contributed by atoms with van der Waals surface area (Å²) in [5.41, 5.74) is 1.30. The molecule has 5 atom stereocenters. The fraction of sp³-hybridized carbons (Fsp3) is 0.368. The molecule has 142 valence electrons. The lowest BCUT2D eigenvalue weighted by Gasteiger charge is -2.29. The van der Waals surface area contributed by atoms with Gasteiger partial charge in [0.1, 0.15) is 6.17 Å². The molecule has 4 rings (SSSR count). The molecule has 2 aliphatic rings. The minimum absolute atomic E-state index is 0.211. The lowest BCUT2D eigenvalue weighted by Crippen LogP contribution is -2.39. The number of benzene rings is 1. The normalized spacial score (nSPS) is 29.0. The topological polar surface area (TPSA) is 60.5 Å². The number of carbonyl (C=O) groups is 1. The highest BCUT2D eigenvalue weighted by Crippen LogP contribution is 2.50. The highest BCUT2D eigenvalue weighted by atomic mass is 35.5. The fourth-order valence-electron chi connectivity index (χ4n) is 3.95. The van der Waals surface area contributed by atoms with Crippen molar-refractivity contribution in [1.29, 1.82) is 0 Å². The summed E-state index contributed by atoms with van der Waals surface area (Å²) in [4.78, 5) is 17.1. The summed E-state index contributed by atoms with van der Waals surface area (Å²) in [6, 6.07) is 8.35. The monoisotopic (exact) mass is 410 g/mol. The number of amides is 1. The number of hydrogen-bond donors (Lipinski definition) is 1. The molecule has 3 heterocycles. The van der Waals surface area contributed by atoms with Gasteiger partial charge in [-0.15, -0.1) is 0 Å². The minimum atomic E-state index is -1.10. The zero-order valence-corrected chi connectivity index (χ0v) is 15.9. The van der Waals surface area contributed by atoms with Crippen LogP contribution >= 0.6 is 23.2 Å². The first-order valence-electron chi connectivity index (χ1n) is 8.53. The van der Waals surface area contributed by atoms with Gasteiger partial charge in [0.05, 0.1) is 35.3 Å². The Morgan fingerprint density at radius 1 is 1.30 bits per heavy atom. The molecule has 0 saturated carbocycles. The van der Waals surface area contributed by atoms with E-state index in [1.54, 1.807) is 36.5 Å². The van der Waals surface area contributed by atoms with Crippen molar-refractivity contribution in [1.82, 2.24) is 4.98 Å². The number of pyridine rings is 1. The van der Waals surface area contributed by atoms with Crippen molar-refractivity contribution in [3.05, 3.63) is 52.1 Å². The Bertz CT molecular complexity index is 882. The van der Waals surface area contributed by atoms with Gasteiger partial charge in [0.15, 0.2) is 0 Å². The van der Waals surface area contributed by atoms with Gasteiger partial charge in [0.2, 0.25) is 11.8 Å². The van der Waals surface area contributed by atoms with E-state index in [2.05, 4.69) is 10.3 Å². The van der Waals surface area contributed by atoms with E-state index in [4.69, 9.17) is 32.7 Å². The van der Waals surface area contributed by atoms with E-state index >= 15 is 0 Å². The SMILES string of the molecule is COc1cc([C@H]2[C@H]3O[C@H](C[C@@H]3F)[C@H]2C(=O)Nc2ccc(Cl)c(Cl)c2)ccn1. The lowest BCUT2D eigenvalue weighted by molar-refractivity contribution is -0.121. The Kier molecular flexibility index (Phi) is 4.97. The molecule has 1 N–H and O–H groups in total. The van der Waals surface area contributed by atoms with Gasteiger partial charge in [-0.25, -0.2) is 9.37 Å². The van der Waals surface area contributed by atoms with Gasteiger partial charge < -0.3 is 14.8 Å². The third-order valence-corrected chi connectivity index (χ3v) is 5.87. The molecular formula is C19H17Cl2FN2O3. The average Bonchev–Trinajstić information content (AvgIpc) is 3.21. The largest absolute Gasteiger partial charge is 0.481 e. The van der Waals surface area contributed by atoms with Gasteiger partial charge in [-0.2, -0.15) is 0 Å². The van der Waals surface area contributed by atoms with Crippen LogP contribution in [0.15, 0.2) is 36.5 Å². The van der Waals surface area contributed by atoms with Gasteiger partial charge in [0.25, 0.3) is 0 Å². The number of nitrogens with one attached hydrogen (secondary N) is 1. The molecule has 1 amide bonds. The first kappa shape index (κ1) is 18.5. The maximum Gasteiger partial charge on any atom is 0.230 e. The predicted molar refractivity (Wildman–Crippen MR) is 100 cm³/mol. The zero-order chi connectivity index (χ0) is 19.1. The Morgan fingerprint density at radius 3 is 2.85 bits per heavy atom. The number of anilines is 1. The number of methoxy groups -OCH3 is 1. The van der Waals surface area contributed by atoms with Crippen LogP contribution < -0.4 is 10.1 Å². The number of ether oxygens (including phenoxy) is 2. The van der Waals surface area contributed by atoms with E-state index < -0.39 is 30.2 Å². The summed E-state index contributed by atoms with van der Waals surface area (Å²) in [6.45, 7) is 0. The molecule has 0 aliphatic carbocycles. The first-order chi connectivity index (χ1) is 13.0. The minimum Gasteiger partial charge on any atom is -0.481 e. The summed E-state index contributed by atoms with van der Waals surface area (Å²) in [5, 5.41) is 3.60. The van der Waals surface area contributed by atoms with Crippen molar-refractivity contribution in [3.8, 4) is 5.88 Å². The van der Waals surface area contributed by atoms with E-state index in [0.29, 0.717) is 21.6 Å². The van der Waals surface area contributed by atoms with Crippen LogP contribution in [0.4, 0.5) is 10.1 Å². The van der Waals surface area contributed by atoms with E-state index in [0.717, 1.165) is 5.56 Å². The zero-order valence-electron chi connectivity index (χ0n) is 14.4. The maximum absolute atomic E-state index is 14.4. The fourth-order valence-corrected chi connectivity index (χ4v) is 4.25. The second kappa shape index (κ2) is 7.26. The van der Waals surface area contributed by atoms with Crippen LogP contribution in [0.3, 0.4) is 0 Å². The second-order valence-corrected chi connectivity index (χ2v) is 7.51. The van der Waals surface area contributed by atoms with Crippen LogP contribution in [-0.4, -0.2) is 36.4 Å². The van der Waals surface area contributed by atoms with Crippen LogP contribution in [0.2, 0.25) is 10.0 Å². The van der Waals surface area contributed by atoms with Gasteiger partial charge >= 0.3 is 0 Å². The maximum atomic E-state index is 14.4. The summed E-state index contributed by atoms with van der Waals surface area (Å²) >= 11 is 11.9. The van der Waals surface area contributed by atoms with Gasteiger partial charge in [0, 0.05) is 30.3 Å². The molecule has 2 saturated heterocycles. The molecule has 0 unspecified atom stereocenters. The number of nitrogens with zero attached hydrogens (tertiary/aromatic N) is 1. The quantitative estimate of drug-likeness (QED) is 0.818. The van der Waals surface area contributed by atoms with Crippen molar-refractivity contribution < 1.29 is 18.7 Å². The van der Waals surface area contributed by atoms with Crippen molar-refractivity contribution in [3.63, 3.8) is 0 Å². The highest BCUT2D eigenvalue weighted by molar-refractivity contribution is 6.42. The van der Waals surface area contributed by atoms with Crippen LogP contribution in [0.1, 0.15) is 17.9 Å². The number of halogens is 3. The molecule has 1 aromatic carbocycles. The van der Waals surface area contributed by atoms with Crippen molar-refractivity contribution in [2.24, 2.45) is 5.92 Å². The average molecular weight is 411 g/mol. The molecule has 8 heteroatoms. The summed E-state index contributed by atoms with van der Waals surface area (Å²) in [5.74, 6) is -0.773. The lowest BCUT2D eigenvalue weighted by atomic mass is 9.74. The van der Waals surface area contributed by atoms with E-state index in [9.17, 15) is 9.18 Å². The number of aromatic nitrogens is 1. The molecule has 0 spiro atoms. The Labute approximate surface area is 165 Å². The molecule has 2 fully saturated rings. The van der Waals surface area contributed by atoms with Crippen LogP contribution in [0.5, 0.6) is 5.88 Å². The van der Waals surface area contributed by atoms with E-state index in [-0.39, 0.29) is 12.3 Å². The third kappa shape index (κ3) is 3.37. The van der Waals surface area contributed by atoms with E-state index in [1.165, 1.54) is 7.11 Å².